The van der Waals surface area contributed by atoms with Crippen LogP contribution in [-0.4, -0.2) is 26.1 Å². The second kappa shape index (κ2) is 7.47. The molecule has 0 radical (unpaired) electrons. The van der Waals surface area contributed by atoms with E-state index < -0.39 is 0 Å². The van der Waals surface area contributed by atoms with Gasteiger partial charge in [0.2, 0.25) is 0 Å². The number of tetrazole rings is 1. The second-order valence-corrected chi connectivity index (χ2v) is 6.71. The van der Waals surface area contributed by atoms with Crippen LogP contribution >= 0.6 is 0 Å². The molecular weight excluding hydrogens is 326 g/mol. The summed E-state index contributed by atoms with van der Waals surface area (Å²) in [6.07, 6.45) is 6.30. The van der Waals surface area contributed by atoms with Crippen molar-refractivity contribution in [1.29, 1.82) is 0 Å². The van der Waals surface area contributed by atoms with Crippen molar-refractivity contribution >= 4 is 5.91 Å². The van der Waals surface area contributed by atoms with Crippen molar-refractivity contribution in [2.75, 3.05) is 0 Å². The molecule has 1 N–H and O–H groups in total. The zero-order chi connectivity index (χ0) is 17.8. The summed E-state index contributed by atoms with van der Waals surface area (Å²) in [7, 11) is 0. The van der Waals surface area contributed by atoms with Gasteiger partial charge < -0.3 is 5.32 Å². The van der Waals surface area contributed by atoms with E-state index in [0.717, 1.165) is 18.5 Å². The normalized spacial score (nSPS) is 15.7. The number of amides is 1. The summed E-state index contributed by atoms with van der Waals surface area (Å²) in [5.41, 5.74) is 2.54. The van der Waals surface area contributed by atoms with Gasteiger partial charge in [-0.1, -0.05) is 49.2 Å². The third kappa shape index (κ3) is 3.49. The fraction of sp³-hybridized carbons (Fsp3) is 0.300. The second-order valence-electron chi connectivity index (χ2n) is 6.71. The van der Waals surface area contributed by atoms with E-state index in [4.69, 9.17) is 0 Å². The van der Waals surface area contributed by atoms with Gasteiger partial charge >= 0.3 is 0 Å². The Morgan fingerprint density at radius 1 is 1.08 bits per heavy atom. The quantitative estimate of drug-likeness (QED) is 0.768. The minimum absolute atomic E-state index is 0.0443. The average molecular weight is 347 g/mol. The van der Waals surface area contributed by atoms with Gasteiger partial charge in [0.05, 0.1) is 11.7 Å². The highest BCUT2D eigenvalue weighted by atomic mass is 16.1. The zero-order valence-electron chi connectivity index (χ0n) is 14.5. The maximum Gasteiger partial charge on any atom is 0.251 e. The fourth-order valence-corrected chi connectivity index (χ4v) is 3.72. The van der Waals surface area contributed by atoms with Crippen molar-refractivity contribution in [3.63, 3.8) is 0 Å². The number of carbonyl (C=O) groups is 1. The van der Waals surface area contributed by atoms with Crippen molar-refractivity contribution in [2.45, 2.75) is 31.7 Å². The molecule has 1 aliphatic carbocycles. The Kier molecular flexibility index (Phi) is 4.73. The molecule has 6 heteroatoms. The molecule has 1 amide bonds. The summed E-state index contributed by atoms with van der Waals surface area (Å²) < 4.78 is 1.54. The summed E-state index contributed by atoms with van der Waals surface area (Å²) in [6.45, 7) is 0. The lowest BCUT2D eigenvalue weighted by Gasteiger charge is -2.25. The minimum Gasteiger partial charge on any atom is -0.345 e. The molecule has 26 heavy (non-hydrogen) atoms. The summed E-state index contributed by atoms with van der Waals surface area (Å²) in [6, 6.07) is 17.7. The zero-order valence-corrected chi connectivity index (χ0v) is 14.5. The standard InChI is InChI=1S/C20H21N5O/c26-20(17-11-6-12-18(13-17)25-14-21-23-24-25)22-19(16-9-4-5-10-16)15-7-2-1-3-8-15/h1-3,6-8,11-14,16,19H,4-5,9-10H2,(H,22,26)/t19-/m0/s1. The Balaban J connectivity index is 1.58. The number of hydrogen-bond acceptors (Lipinski definition) is 4. The number of nitrogens with zero attached hydrogens (tertiary/aromatic N) is 4. The summed E-state index contributed by atoms with van der Waals surface area (Å²) in [4.78, 5) is 12.9. The van der Waals surface area contributed by atoms with Crippen molar-refractivity contribution in [1.82, 2.24) is 25.5 Å². The van der Waals surface area contributed by atoms with Crippen molar-refractivity contribution in [2.24, 2.45) is 5.92 Å². The number of rotatable bonds is 5. The molecule has 2 aromatic carbocycles. The summed E-state index contributed by atoms with van der Waals surface area (Å²) in [5, 5.41) is 14.4. The van der Waals surface area contributed by atoms with Gasteiger partial charge in [0.25, 0.3) is 5.91 Å². The molecule has 3 aromatic rings. The highest BCUT2D eigenvalue weighted by molar-refractivity contribution is 5.95. The number of benzene rings is 2. The van der Waals surface area contributed by atoms with Gasteiger partial charge in [0.1, 0.15) is 6.33 Å². The van der Waals surface area contributed by atoms with E-state index in [1.54, 1.807) is 4.68 Å². The Hall–Kier alpha value is -3.02. The van der Waals surface area contributed by atoms with Gasteiger partial charge in [-0.2, -0.15) is 0 Å². The van der Waals surface area contributed by atoms with Crippen molar-refractivity contribution in [3.8, 4) is 5.69 Å². The monoisotopic (exact) mass is 347 g/mol. The van der Waals surface area contributed by atoms with Crippen LogP contribution in [0.3, 0.4) is 0 Å². The van der Waals surface area contributed by atoms with Gasteiger partial charge in [-0.15, -0.1) is 5.10 Å². The molecule has 0 aliphatic heterocycles. The van der Waals surface area contributed by atoms with E-state index in [2.05, 4.69) is 33.0 Å². The predicted molar refractivity (Wildman–Crippen MR) is 97.8 cm³/mol. The largest absolute Gasteiger partial charge is 0.345 e. The minimum atomic E-state index is -0.0688. The van der Waals surface area contributed by atoms with Crippen LogP contribution in [0.25, 0.3) is 5.69 Å². The van der Waals surface area contributed by atoms with Gasteiger partial charge in [-0.05, 0) is 52.9 Å². The highest BCUT2D eigenvalue weighted by Crippen LogP contribution is 2.35. The third-order valence-corrected chi connectivity index (χ3v) is 5.04. The third-order valence-electron chi connectivity index (χ3n) is 5.04. The van der Waals surface area contributed by atoms with E-state index in [1.165, 1.54) is 24.7 Å². The summed E-state index contributed by atoms with van der Waals surface area (Å²) in [5.74, 6) is 0.421. The number of aromatic nitrogens is 4. The van der Waals surface area contributed by atoms with Gasteiger partial charge in [0.15, 0.2) is 0 Å². The maximum absolute atomic E-state index is 12.9. The first-order chi connectivity index (χ1) is 12.8. The van der Waals surface area contributed by atoms with Crippen LogP contribution in [0.5, 0.6) is 0 Å². The Morgan fingerprint density at radius 2 is 1.88 bits per heavy atom. The highest BCUT2D eigenvalue weighted by Gasteiger charge is 2.28. The maximum atomic E-state index is 12.9. The van der Waals surface area contributed by atoms with Crippen LogP contribution in [0.2, 0.25) is 0 Å². The van der Waals surface area contributed by atoms with Crippen LogP contribution in [0.1, 0.15) is 47.6 Å². The lowest BCUT2D eigenvalue weighted by molar-refractivity contribution is 0.0921. The molecule has 0 unspecified atom stereocenters. The first-order valence-electron chi connectivity index (χ1n) is 9.00. The number of nitrogens with one attached hydrogen (secondary N) is 1. The topological polar surface area (TPSA) is 72.7 Å². The number of carbonyl (C=O) groups excluding carboxylic acids is 1. The first kappa shape index (κ1) is 16.4. The van der Waals surface area contributed by atoms with Crippen LogP contribution in [-0.2, 0) is 0 Å². The van der Waals surface area contributed by atoms with Crippen LogP contribution in [0, 0.1) is 5.92 Å². The predicted octanol–water partition coefficient (Wildman–Crippen LogP) is 3.32. The fourth-order valence-electron chi connectivity index (χ4n) is 3.72. The molecule has 1 saturated carbocycles. The van der Waals surface area contributed by atoms with Gasteiger partial charge in [0, 0.05) is 5.56 Å². The van der Waals surface area contributed by atoms with Crippen molar-refractivity contribution in [3.05, 3.63) is 72.1 Å². The molecule has 1 fully saturated rings. The molecule has 0 saturated heterocycles. The SMILES string of the molecule is O=C(N[C@@H](c1ccccc1)C1CCCC1)c1cccc(-n2cnnn2)c1. The Labute approximate surface area is 152 Å². The molecule has 0 bridgehead atoms. The lowest BCUT2D eigenvalue weighted by atomic mass is 9.91. The van der Waals surface area contributed by atoms with Crippen LogP contribution in [0.15, 0.2) is 60.9 Å². The molecule has 1 aromatic heterocycles. The van der Waals surface area contributed by atoms with Crippen molar-refractivity contribution < 1.29 is 4.79 Å². The molecule has 1 heterocycles. The van der Waals surface area contributed by atoms with E-state index in [9.17, 15) is 4.79 Å². The van der Waals surface area contributed by atoms with Crippen LogP contribution in [0.4, 0.5) is 0 Å². The average Bonchev–Trinajstić information content (AvgIpc) is 3.40. The lowest BCUT2D eigenvalue weighted by Crippen LogP contribution is -2.32. The van der Waals surface area contributed by atoms with E-state index in [0.29, 0.717) is 11.5 Å². The molecule has 6 nitrogen and oxygen atoms in total. The molecule has 1 atom stereocenters. The van der Waals surface area contributed by atoms with E-state index in [-0.39, 0.29) is 11.9 Å². The van der Waals surface area contributed by atoms with Crippen LogP contribution < -0.4 is 5.32 Å². The number of hydrogen-bond donors (Lipinski definition) is 1. The smallest absolute Gasteiger partial charge is 0.251 e. The van der Waals surface area contributed by atoms with Gasteiger partial charge in [-0.3, -0.25) is 4.79 Å². The molecule has 1 aliphatic rings. The Bertz CT molecular complexity index is 857. The molecule has 0 spiro atoms. The molecule has 132 valence electrons. The summed E-state index contributed by atoms with van der Waals surface area (Å²) >= 11 is 0. The van der Waals surface area contributed by atoms with Gasteiger partial charge in [-0.25, -0.2) is 4.68 Å². The van der Waals surface area contributed by atoms with E-state index in [1.807, 2.05) is 42.5 Å². The molecule has 4 rings (SSSR count). The first-order valence-corrected chi connectivity index (χ1v) is 9.00. The molecular formula is C20H21N5O. The Morgan fingerprint density at radius 3 is 2.62 bits per heavy atom. The van der Waals surface area contributed by atoms with E-state index >= 15 is 0 Å².